The number of esters is 1. The molecule has 4 aliphatic carbocycles. The summed E-state index contributed by atoms with van der Waals surface area (Å²) in [7, 11) is 0. The molecule has 4 aliphatic rings. The molecule has 1 unspecified atom stereocenters. The molecule has 2 nitrogen and oxygen atoms in total. The molecule has 0 heterocycles. The Morgan fingerprint density at radius 1 is 1.06 bits per heavy atom. The lowest BCUT2D eigenvalue weighted by atomic mass is 9.44. The van der Waals surface area contributed by atoms with E-state index in [9.17, 15) is 4.79 Å². The summed E-state index contributed by atoms with van der Waals surface area (Å²) in [5, 5.41) is 0. The summed E-state index contributed by atoms with van der Waals surface area (Å²) < 4.78 is 5.85. The van der Waals surface area contributed by atoms with Crippen LogP contribution in [0.25, 0.3) is 0 Å². The van der Waals surface area contributed by atoms with E-state index in [0.29, 0.717) is 11.3 Å². The largest absolute Gasteiger partial charge is 0.462 e. The van der Waals surface area contributed by atoms with E-state index in [0.717, 1.165) is 31.1 Å². The molecule has 190 valence electrons. The van der Waals surface area contributed by atoms with Crippen molar-refractivity contribution in [3.63, 3.8) is 0 Å². The highest BCUT2D eigenvalue weighted by Crippen LogP contribution is 2.71. The molecule has 0 aliphatic heterocycles. The molecule has 2 saturated carbocycles. The van der Waals surface area contributed by atoms with Gasteiger partial charge in [0.2, 0.25) is 0 Å². The molecular weight excluding hydrogens is 416 g/mol. The number of ether oxygens (including phenoxy) is 1. The van der Waals surface area contributed by atoms with Crippen LogP contribution >= 0.6 is 0 Å². The highest BCUT2D eigenvalue weighted by molar-refractivity contribution is 5.66. The van der Waals surface area contributed by atoms with E-state index in [2.05, 4.69) is 73.6 Å². The molecule has 7 atom stereocenters. The van der Waals surface area contributed by atoms with E-state index in [1.54, 1.807) is 18.1 Å². The molecule has 0 saturated heterocycles. The van der Waals surface area contributed by atoms with Gasteiger partial charge in [-0.25, -0.2) is 0 Å². The Kier molecular flexibility index (Phi) is 6.57. The summed E-state index contributed by atoms with van der Waals surface area (Å²) in [6, 6.07) is 0. The van der Waals surface area contributed by atoms with Gasteiger partial charge in [-0.05, 0) is 110 Å². The fourth-order valence-electron chi connectivity index (χ4n) is 9.18. The zero-order valence-electron chi connectivity index (χ0n) is 23.5. The highest BCUT2D eigenvalue weighted by atomic mass is 16.5. The van der Waals surface area contributed by atoms with Crippen LogP contribution in [-0.2, 0) is 9.53 Å². The molecule has 0 N–H and O–H groups in total. The Morgan fingerprint density at radius 3 is 2.41 bits per heavy atom. The lowest BCUT2D eigenvalue weighted by Crippen LogP contribution is -2.55. The number of fused-ring (bicyclic) bond motifs is 5. The van der Waals surface area contributed by atoms with Crippen LogP contribution in [0.1, 0.15) is 114 Å². The van der Waals surface area contributed by atoms with Gasteiger partial charge in [-0.1, -0.05) is 65.3 Å². The Bertz CT molecular complexity index is 915. The van der Waals surface area contributed by atoms with E-state index in [1.165, 1.54) is 37.7 Å². The first-order valence-electron chi connectivity index (χ1n) is 14.0. The van der Waals surface area contributed by atoms with Crippen molar-refractivity contribution < 1.29 is 9.53 Å². The second-order valence-electron chi connectivity index (χ2n) is 13.8. The molecule has 0 aromatic rings. The number of carbonyl (C=O) groups excluding carboxylic acids is 1. The third kappa shape index (κ3) is 3.77. The third-order valence-corrected chi connectivity index (χ3v) is 11.4. The van der Waals surface area contributed by atoms with Crippen LogP contribution in [0, 0.1) is 39.4 Å². The zero-order valence-corrected chi connectivity index (χ0v) is 23.5. The van der Waals surface area contributed by atoms with Gasteiger partial charge in [0.15, 0.2) is 0 Å². The number of allylic oxidation sites excluding steroid dienone is 6. The molecule has 0 aromatic carbocycles. The summed E-state index contributed by atoms with van der Waals surface area (Å²) in [6.45, 7) is 21.0. The van der Waals surface area contributed by atoms with Crippen molar-refractivity contribution >= 4 is 5.97 Å². The van der Waals surface area contributed by atoms with Crippen LogP contribution < -0.4 is 0 Å². The monoisotopic (exact) mass is 466 g/mol. The molecule has 4 rings (SSSR count). The van der Waals surface area contributed by atoms with E-state index in [1.807, 2.05) is 0 Å². The molecule has 2 fully saturated rings. The number of hydrogen-bond acceptors (Lipinski definition) is 2. The third-order valence-electron chi connectivity index (χ3n) is 11.4. The van der Waals surface area contributed by atoms with Crippen molar-refractivity contribution in [1.29, 1.82) is 0 Å². The minimum atomic E-state index is -0.135. The molecule has 0 spiro atoms. The molecule has 0 aromatic heterocycles. The number of rotatable bonds is 5. The van der Waals surface area contributed by atoms with Gasteiger partial charge in [0, 0.05) is 12.3 Å². The summed E-state index contributed by atoms with van der Waals surface area (Å²) in [5.41, 5.74) is 5.57. The van der Waals surface area contributed by atoms with Gasteiger partial charge in [0.05, 0.1) is 0 Å². The number of carbonyl (C=O) groups is 1. The standard InChI is InChI=1S/C32H50O2/c1-21(2)11-10-12-22(3)24-15-19-32(9)26-13-14-27-29(5,6)28(34-23(4)33)17-18-30(27,7)25(26)16-20-31(24,32)8/h11,13,16,22,24,27-28H,10,12,14-15,17-20H2,1-9H3/t22-,24-,27?,28+,30-,31-,32+/m1/s1. The lowest BCUT2D eigenvalue weighted by Gasteiger charge is -2.61. The van der Waals surface area contributed by atoms with Gasteiger partial charge in [-0.2, -0.15) is 0 Å². The van der Waals surface area contributed by atoms with Crippen LogP contribution in [0.3, 0.4) is 0 Å². The highest BCUT2D eigenvalue weighted by Gasteiger charge is 2.63. The van der Waals surface area contributed by atoms with Gasteiger partial charge in [0.1, 0.15) is 6.10 Å². The average molecular weight is 467 g/mol. The van der Waals surface area contributed by atoms with Gasteiger partial charge >= 0.3 is 5.97 Å². The van der Waals surface area contributed by atoms with E-state index in [4.69, 9.17) is 4.74 Å². The van der Waals surface area contributed by atoms with Crippen LogP contribution in [0.5, 0.6) is 0 Å². The topological polar surface area (TPSA) is 26.3 Å². The Hall–Kier alpha value is -1.31. The molecule has 0 radical (unpaired) electrons. The second kappa shape index (κ2) is 8.67. The Morgan fingerprint density at radius 2 is 1.76 bits per heavy atom. The van der Waals surface area contributed by atoms with E-state index < -0.39 is 0 Å². The summed E-state index contributed by atoms with van der Waals surface area (Å²) in [6.07, 6.45) is 17.4. The Labute approximate surface area is 209 Å². The predicted octanol–water partition coefficient (Wildman–Crippen LogP) is 8.83. The van der Waals surface area contributed by atoms with Crippen molar-refractivity contribution in [3.8, 4) is 0 Å². The van der Waals surface area contributed by atoms with Gasteiger partial charge in [0.25, 0.3) is 0 Å². The average Bonchev–Trinajstić information content (AvgIpc) is 3.01. The van der Waals surface area contributed by atoms with Crippen LogP contribution in [0.2, 0.25) is 0 Å². The smallest absolute Gasteiger partial charge is 0.302 e. The van der Waals surface area contributed by atoms with Crippen molar-refractivity contribution in [2.24, 2.45) is 39.4 Å². The van der Waals surface area contributed by atoms with E-state index >= 15 is 0 Å². The fourth-order valence-corrected chi connectivity index (χ4v) is 9.18. The predicted molar refractivity (Wildman–Crippen MR) is 142 cm³/mol. The van der Waals surface area contributed by atoms with Crippen LogP contribution in [0.4, 0.5) is 0 Å². The SMILES string of the molecule is CC(=O)O[C@H]1CC[C@]2(C)C3=CC[C@]4(C)[C@@H]([C@H](C)CCC=C(C)C)CC[C@@]4(C)C3=CCC2C1(C)C. The van der Waals surface area contributed by atoms with E-state index in [-0.39, 0.29) is 28.3 Å². The maximum absolute atomic E-state index is 11.8. The van der Waals surface area contributed by atoms with Crippen LogP contribution in [0.15, 0.2) is 34.9 Å². The molecule has 2 heteroatoms. The van der Waals surface area contributed by atoms with Crippen molar-refractivity contribution in [2.45, 2.75) is 120 Å². The van der Waals surface area contributed by atoms with Crippen molar-refractivity contribution in [2.75, 3.05) is 0 Å². The maximum Gasteiger partial charge on any atom is 0.302 e. The molecule has 0 bridgehead atoms. The molecule has 34 heavy (non-hydrogen) atoms. The summed E-state index contributed by atoms with van der Waals surface area (Å²) >= 11 is 0. The minimum Gasteiger partial charge on any atom is -0.462 e. The first kappa shape index (κ1) is 25.8. The Balaban J connectivity index is 1.64. The zero-order chi connectivity index (χ0) is 25.1. The second-order valence-corrected chi connectivity index (χ2v) is 13.8. The lowest BCUT2D eigenvalue weighted by molar-refractivity contribution is -0.165. The quantitative estimate of drug-likeness (QED) is 0.299. The molecular formula is C32H50O2. The number of hydrogen-bond donors (Lipinski definition) is 0. The molecule has 0 amide bonds. The van der Waals surface area contributed by atoms with Crippen molar-refractivity contribution in [3.05, 3.63) is 34.9 Å². The van der Waals surface area contributed by atoms with Crippen LogP contribution in [-0.4, -0.2) is 12.1 Å². The maximum atomic E-state index is 11.8. The van der Waals surface area contributed by atoms with Gasteiger partial charge in [-0.15, -0.1) is 0 Å². The van der Waals surface area contributed by atoms with Gasteiger partial charge < -0.3 is 4.74 Å². The minimum absolute atomic E-state index is 0.0130. The van der Waals surface area contributed by atoms with Crippen molar-refractivity contribution in [1.82, 2.24) is 0 Å². The summed E-state index contributed by atoms with van der Waals surface area (Å²) in [4.78, 5) is 11.8. The first-order valence-corrected chi connectivity index (χ1v) is 14.0. The summed E-state index contributed by atoms with van der Waals surface area (Å²) in [5.74, 6) is 1.94. The normalized spacial score (nSPS) is 41.3. The fraction of sp³-hybridized carbons (Fsp3) is 0.781. The van der Waals surface area contributed by atoms with Gasteiger partial charge in [-0.3, -0.25) is 4.79 Å². The first-order chi connectivity index (χ1) is 15.8.